The van der Waals surface area contributed by atoms with Crippen molar-refractivity contribution in [2.45, 2.75) is 52.4 Å². The fourth-order valence-electron chi connectivity index (χ4n) is 1.79. The van der Waals surface area contributed by atoms with Gasteiger partial charge in [0.2, 0.25) is 0 Å². The van der Waals surface area contributed by atoms with Crippen LogP contribution >= 0.6 is 0 Å². The molecular weight excluding hydrogens is 215 g/mol. The number of unbranched alkanes of at least 4 members (excludes halogenated alkanes) is 5. The number of halogens is 1. The third-order valence-corrected chi connectivity index (χ3v) is 2.91. The van der Waals surface area contributed by atoms with E-state index in [4.69, 9.17) is 4.74 Å². The van der Waals surface area contributed by atoms with Crippen LogP contribution in [0.2, 0.25) is 0 Å². The molecule has 2 heteroatoms. The average molecular weight is 238 g/mol. The summed E-state index contributed by atoms with van der Waals surface area (Å²) >= 11 is 0. The molecule has 0 bridgehead atoms. The molecule has 0 aromatic heterocycles. The molecule has 0 aliphatic heterocycles. The number of rotatable bonds is 8. The molecule has 0 aliphatic carbocycles. The topological polar surface area (TPSA) is 9.23 Å². The maximum absolute atomic E-state index is 13.0. The Balaban J connectivity index is 2.15. The van der Waals surface area contributed by atoms with Crippen molar-refractivity contribution in [2.24, 2.45) is 0 Å². The molecule has 1 rings (SSSR count). The minimum absolute atomic E-state index is 0.228. The SMILES string of the molecule is CCCCCCCCOc1cc(F)ccc1C. The molecule has 0 unspecified atom stereocenters. The first-order valence-corrected chi connectivity index (χ1v) is 6.63. The molecule has 17 heavy (non-hydrogen) atoms. The van der Waals surface area contributed by atoms with Crippen molar-refractivity contribution >= 4 is 0 Å². The van der Waals surface area contributed by atoms with Gasteiger partial charge >= 0.3 is 0 Å². The maximum Gasteiger partial charge on any atom is 0.126 e. The average Bonchev–Trinajstić information content (AvgIpc) is 2.32. The lowest BCUT2D eigenvalue weighted by atomic mass is 10.1. The molecule has 0 fully saturated rings. The molecule has 0 aliphatic rings. The van der Waals surface area contributed by atoms with Crippen LogP contribution in [0.15, 0.2) is 18.2 Å². The summed E-state index contributed by atoms with van der Waals surface area (Å²) in [6.45, 7) is 4.85. The lowest BCUT2D eigenvalue weighted by Crippen LogP contribution is -1.99. The van der Waals surface area contributed by atoms with Crippen LogP contribution in [0.3, 0.4) is 0 Å². The molecule has 0 atom stereocenters. The molecular formula is C15H23FO. The minimum atomic E-state index is -0.228. The number of aryl methyl sites for hydroxylation is 1. The summed E-state index contributed by atoms with van der Waals surface area (Å²) < 4.78 is 18.6. The van der Waals surface area contributed by atoms with Crippen LogP contribution < -0.4 is 4.74 Å². The van der Waals surface area contributed by atoms with Gasteiger partial charge in [0.25, 0.3) is 0 Å². The zero-order valence-electron chi connectivity index (χ0n) is 11.0. The van der Waals surface area contributed by atoms with Gasteiger partial charge in [-0.15, -0.1) is 0 Å². The molecule has 0 N–H and O–H groups in total. The quantitative estimate of drug-likeness (QED) is 0.587. The van der Waals surface area contributed by atoms with Gasteiger partial charge in [-0.05, 0) is 25.0 Å². The van der Waals surface area contributed by atoms with Crippen molar-refractivity contribution in [1.82, 2.24) is 0 Å². The van der Waals surface area contributed by atoms with Gasteiger partial charge in [-0.25, -0.2) is 4.39 Å². The van der Waals surface area contributed by atoms with Gasteiger partial charge in [-0.3, -0.25) is 0 Å². The van der Waals surface area contributed by atoms with Gasteiger partial charge in [0.15, 0.2) is 0 Å². The Kier molecular flexibility index (Phi) is 6.68. The Bertz CT molecular complexity index is 323. The van der Waals surface area contributed by atoms with Gasteiger partial charge in [0.05, 0.1) is 6.61 Å². The van der Waals surface area contributed by atoms with Crippen LogP contribution in [0.4, 0.5) is 4.39 Å². The summed E-state index contributed by atoms with van der Waals surface area (Å²) in [5, 5.41) is 0. The lowest BCUT2D eigenvalue weighted by Gasteiger charge is -2.08. The van der Waals surface area contributed by atoms with Crippen molar-refractivity contribution in [3.63, 3.8) is 0 Å². The van der Waals surface area contributed by atoms with Crippen LogP contribution in [0, 0.1) is 12.7 Å². The normalized spacial score (nSPS) is 10.5. The van der Waals surface area contributed by atoms with Crippen molar-refractivity contribution in [2.75, 3.05) is 6.61 Å². The molecule has 0 heterocycles. The molecule has 0 saturated heterocycles. The first-order valence-electron chi connectivity index (χ1n) is 6.63. The predicted octanol–water partition coefficient (Wildman–Crippen LogP) is 4.87. The summed E-state index contributed by atoms with van der Waals surface area (Å²) in [6.07, 6.45) is 7.45. The van der Waals surface area contributed by atoms with E-state index in [1.54, 1.807) is 6.07 Å². The third kappa shape index (κ3) is 5.71. The van der Waals surface area contributed by atoms with Gasteiger partial charge < -0.3 is 4.74 Å². The highest BCUT2D eigenvalue weighted by Crippen LogP contribution is 2.19. The van der Waals surface area contributed by atoms with E-state index < -0.39 is 0 Å². The van der Waals surface area contributed by atoms with Crippen LogP contribution in [0.25, 0.3) is 0 Å². The van der Waals surface area contributed by atoms with Crippen molar-refractivity contribution < 1.29 is 9.13 Å². The number of hydrogen-bond acceptors (Lipinski definition) is 1. The van der Waals surface area contributed by atoms with E-state index in [1.807, 2.05) is 6.92 Å². The van der Waals surface area contributed by atoms with Crippen molar-refractivity contribution in [3.8, 4) is 5.75 Å². The Hall–Kier alpha value is -1.05. The molecule has 0 radical (unpaired) electrons. The molecule has 96 valence electrons. The van der Waals surface area contributed by atoms with Gasteiger partial charge in [-0.1, -0.05) is 45.1 Å². The zero-order chi connectivity index (χ0) is 12.5. The highest BCUT2D eigenvalue weighted by Gasteiger charge is 2.01. The van der Waals surface area contributed by atoms with E-state index in [1.165, 1.54) is 44.2 Å². The number of hydrogen-bond donors (Lipinski definition) is 0. The summed E-state index contributed by atoms with van der Waals surface area (Å²) in [4.78, 5) is 0. The minimum Gasteiger partial charge on any atom is -0.493 e. The van der Waals surface area contributed by atoms with E-state index in [2.05, 4.69) is 6.92 Å². The van der Waals surface area contributed by atoms with Crippen molar-refractivity contribution in [1.29, 1.82) is 0 Å². The molecule has 1 nitrogen and oxygen atoms in total. The fraction of sp³-hybridized carbons (Fsp3) is 0.600. The predicted molar refractivity (Wildman–Crippen MR) is 70.0 cm³/mol. The Labute approximate surface area is 104 Å². The Morgan fingerprint density at radius 1 is 1.06 bits per heavy atom. The monoisotopic (exact) mass is 238 g/mol. The van der Waals surface area contributed by atoms with Gasteiger partial charge in [0, 0.05) is 6.07 Å². The maximum atomic E-state index is 13.0. The van der Waals surface area contributed by atoms with Crippen LogP contribution in [0.5, 0.6) is 5.75 Å². The van der Waals surface area contributed by atoms with Gasteiger partial charge in [-0.2, -0.15) is 0 Å². The molecule has 1 aromatic carbocycles. The van der Waals surface area contributed by atoms with Crippen LogP contribution in [-0.2, 0) is 0 Å². The second-order valence-corrected chi connectivity index (χ2v) is 4.53. The largest absolute Gasteiger partial charge is 0.493 e. The zero-order valence-corrected chi connectivity index (χ0v) is 11.0. The Morgan fingerprint density at radius 2 is 1.76 bits per heavy atom. The Morgan fingerprint density at radius 3 is 2.53 bits per heavy atom. The summed E-state index contributed by atoms with van der Waals surface area (Å²) in [5.41, 5.74) is 0.998. The summed E-state index contributed by atoms with van der Waals surface area (Å²) in [6, 6.07) is 4.69. The lowest BCUT2D eigenvalue weighted by molar-refractivity contribution is 0.301. The van der Waals surface area contributed by atoms with Gasteiger partial charge in [0.1, 0.15) is 11.6 Å². The van der Waals surface area contributed by atoms with E-state index in [0.717, 1.165) is 12.0 Å². The second-order valence-electron chi connectivity index (χ2n) is 4.53. The first-order chi connectivity index (χ1) is 8.24. The highest BCUT2D eigenvalue weighted by molar-refractivity contribution is 5.32. The smallest absolute Gasteiger partial charge is 0.126 e. The second kappa shape index (κ2) is 8.10. The van der Waals surface area contributed by atoms with Crippen LogP contribution in [0.1, 0.15) is 51.0 Å². The number of ether oxygens (including phenoxy) is 1. The van der Waals surface area contributed by atoms with Crippen molar-refractivity contribution in [3.05, 3.63) is 29.6 Å². The fourth-order valence-corrected chi connectivity index (χ4v) is 1.79. The van der Waals surface area contributed by atoms with E-state index in [-0.39, 0.29) is 5.82 Å². The van der Waals surface area contributed by atoms with E-state index >= 15 is 0 Å². The molecule has 1 aromatic rings. The molecule has 0 saturated carbocycles. The summed E-state index contributed by atoms with van der Waals surface area (Å²) in [7, 11) is 0. The highest BCUT2D eigenvalue weighted by atomic mass is 19.1. The van der Waals surface area contributed by atoms with Crippen LogP contribution in [-0.4, -0.2) is 6.61 Å². The first kappa shape index (κ1) is 14.0. The van der Waals surface area contributed by atoms with E-state index in [0.29, 0.717) is 12.4 Å². The molecule has 0 amide bonds. The summed E-state index contributed by atoms with van der Waals surface area (Å²) in [5.74, 6) is 0.451. The standard InChI is InChI=1S/C15H23FO/c1-3-4-5-6-7-8-11-17-15-12-14(16)10-9-13(15)2/h9-10,12H,3-8,11H2,1-2H3. The third-order valence-electron chi connectivity index (χ3n) is 2.91. The molecule has 0 spiro atoms. The van der Waals surface area contributed by atoms with E-state index in [9.17, 15) is 4.39 Å². The number of benzene rings is 1.